The van der Waals surface area contributed by atoms with Crippen LogP contribution in [0.2, 0.25) is 0 Å². The van der Waals surface area contributed by atoms with Gasteiger partial charge in [0.05, 0.1) is 0 Å². The molecule has 0 rings (SSSR count). The predicted octanol–water partition coefficient (Wildman–Crippen LogP) is -0.429. The third kappa shape index (κ3) is 14.5. The lowest BCUT2D eigenvalue weighted by Gasteiger charge is -2.15. The standard InChI is InChI=1S/C4H9NO2S.H2O4S/c1-4(2,7-8)3(5)6;1-5(2,3)4/h8H,1-2H3,(H2,5,6);(H2,1,2,3,4)/p+1. The van der Waals surface area contributed by atoms with E-state index in [1.165, 1.54) is 0 Å². The van der Waals surface area contributed by atoms with Gasteiger partial charge in [0.2, 0.25) is 5.91 Å². The normalized spacial score (nSPS) is 11.5. The van der Waals surface area contributed by atoms with Crippen LogP contribution in [0.25, 0.3) is 0 Å². The van der Waals surface area contributed by atoms with Crippen LogP contribution in [-0.4, -0.2) is 29.0 Å². The van der Waals surface area contributed by atoms with Gasteiger partial charge in [0.1, 0.15) is 0 Å². The van der Waals surface area contributed by atoms with Crippen molar-refractivity contribution < 1.29 is 27.9 Å². The molecular weight excluding hydrogens is 222 g/mol. The Morgan fingerprint density at radius 2 is 1.77 bits per heavy atom. The van der Waals surface area contributed by atoms with E-state index in [2.05, 4.69) is 17.1 Å². The Morgan fingerprint density at radius 3 is 1.77 bits per heavy atom. The summed E-state index contributed by atoms with van der Waals surface area (Å²) in [6.07, 6.45) is 0. The van der Waals surface area contributed by atoms with E-state index in [1.54, 1.807) is 13.8 Å². The second kappa shape index (κ2) is 5.40. The van der Waals surface area contributed by atoms with Crippen molar-refractivity contribution in [3.8, 4) is 0 Å². The minimum atomic E-state index is -4.67. The van der Waals surface area contributed by atoms with Crippen molar-refractivity contribution in [2.24, 2.45) is 5.73 Å². The van der Waals surface area contributed by atoms with Crippen LogP contribution in [-0.2, 0) is 19.4 Å². The molecule has 0 heterocycles. The van der Waals surface area contributed by atoms with Crippen molar-refractivity contribution in [3.05, 3.63) is 0 Å². The van der Waals surface area contributed by atoms with Gasteiger partial charge >= 0.3 is 11.8 Å². The number of rotatable bonds is 2. The van der Waals surface area contributed by atoms with Gasteiger partial charge in [-0.3, -0.25) is 13.9 Å². The summed E-state index contributed by atoms with van der Waals surface area (Å²) in [7, 11) is -4.67. The molecule has 80 valence electrons. The molecule has 7 nitrogen and oxygen atoms in total. The number of hydrogen-bond donors (Lipinski definition) is 4. The van der Waals surface area contributed by atoms with Gasteiger partial charge in [-0.25, -0.2) is 0 Å². The molecule has 13 heavy (non-hydrogen) atoms. The fourth-order valence-corrected chi connectivity index (χ4v) is 0.135. The van der Waals surface area contributed by atoms with Gasteiger partial charge in [-0.15, -0.1) is 0 Å². The van der Waals surface area contributed by atoms with Gasteiger partial charge < -0.3 is 9.92 Å². The minimum Gasteiger partial charge on any atom is -0.367 e. The Kier molecular flexibility index (Phi) is 6.28. The summed E-state index contributed by atoms with van der Waals surface area (Å²) in [4.78, 5) is 10.3. The Hall–Kier alpha value is -0.350. The highest BCUT2D eigenvalue weighted by Gasteiger charge is 2.24. The number of hydrogen-bond acceptors (Lipinski definition) is 5. The second-order valence-corrected chi connectivity index (χ2v) is 3.49. The van der Waals surface area contributed by atoms with Gasteiger partial charge in [-0.1, -0.05) is 0 Å². The topological polar surface area (TPSA) is 127 Å². The summed E-state index contributed by atoms with van der Waals surface area (Å²) >= 11 is 3.44. The third-order valence-electron chi connectivity index (χ3n) is 0.822. The molecule has 0 aliphatic rings. The van der Waals surface area contributed by atoms with E-state index < -0.39 is 21.9 Å². The summed E-state index contributed by atoms with van der Waals surface area (Å²) < 4.78 is 36.0. The van der Waals surface area contributed by atoms with Crippen molar-refractivity contribution in [2.45, 2.75) is 19.4 Å². The molecule has 4 N–H and O–H groups in total. The number of amides is 1. The Balaban J connectivity index is -0.000000177. The van der Waals surface area contributed by atoms with E-state index >= 15 is 0 Å². The van der Waals surface area contributed by atoms with Crippen molar-refractivity contribution in [2.75, 3.05) is 0 Å². The molecule has 0 aromatic rings. The van der Waals surface area contributed by atoms with Crippen LogP contribution in [0.3, 0.4) is 0 Å². The fraction of sp³-hybridized carbons (Fsp3) is 0.750. The number of carbonyl (C=O) groups excluding carboxylic acids is 1. The first kappa shape index (κ1) is 15.1. The van der Waals surface area contributed by atoms with Gasteiger partial charge in [-0.2, -0.15) is 8.42 Å². The zero-order chi connectivity index (χ0) is 11.3. The molecule has 0 unspecified atom stereocenters. The van der Waals surface area contributed by atoms with Crippen molar-refractivity contribution in [1.29, 1.82) is 0 Å². The molecule has 0 spiro atoms. The molecule has 0 aliphatic carbocycles. The minimum absolute atomic E-state index is 0. The smallest absolute Gasteiger partial charge is 0.367 e. The van der Waals surface area contributed by atoms with Crippen molar-refractivity contribution >= 4 is 29.2 Å². The number of nitrogens with two attached hydrogens (primary N) is 1. The molecule has 0 fully saturated rings. The first-order valence-electron chi connectivity index (χ1n) is 2.83. The maximum absolute atomic E-state index is 10.3. The van der Waals surface area contributed by atoms with Crippen LogP contribution in [0.5, 0.6) is 0 Å². The van der Waals surface area contributed by atoms with Gasteiger partial charge in [-0.05, 0) is 26.8 Å². The number of primary amides is 1. The number of carbonyl (C=O) groups is 1. The van der Waals surface area contributed by atoms with Crippen molar-refractivity contribution in [3.63, 3.8) is 0 Å². The zero-order valence-corrected chi connectivity index (χ0v) is 8.67. The van der Waals surface area contributed by atoms with Gasteiger partial charge in [0.25, 0.3) is 0 Å². The summed E-state index contributed by atoms with van der Waals surface area (Å²) in [5.74, 6) is -0.521. The van der Waals surface area contributed by atoms with E-state index in [1.807, 2.05) is 0 Å². The molecule has 0 saturated heterocycles. The lowest BCUT2D eigenvalue weighted by molar-refractivity contribution is -0.129. The average Bonchev–Trinajstić information content (AvgIpc) is 1.83. The van der Waals surface area contributed by atoms with Crippen molar-refractivity contribution in [1.82, 2.24) is 0 Å². The average molecular weight is 234 g/mol. The maximum atomic E-state index is 10.3. The molecule has 1 amide bonds. The quantitative estimate of drug-likeness (QED) is 0.292. The summed E-state index contributed by atoms with van der Waals surface area (Å²) in [6.45, 7) is 3.09. The summed E-state index contributed by atoms with van der Waals surface area (Å²) in [6, 6.07) is 0. The van der Waals surface area contributed by atoms with Crippen LogP contribution < -0.4 is 5.73 Å². The monoisotopic (exact) mass is 234 g/mol. The third-order valence-corrected chi connectivity index (χ3v) is 1.28. The fourth-order valence-electron chi connectivity index (χ4n) is 0.0450. The van der Waals surface area contributed by atoms with E-state index in [4.69, 9.17) is 23.3 Å². The molecule has 0 aromatic heterocycles. The molecule has 0 aromatic carbocycles. The Bertz CT molecular complexity index is 255. The molecule has 0 bridgehead atoms. The summed E-state index contributed by atoms with van der Waals surface area (Å²) in [5.41, 5.74) is 3.91. The van der Waals surface area contributed by atoms with Crippen LogP contribution in [0, 0.1) is 0 Å². The molecular formula is C4H12NO6S2+. The van der Waals surface area contributed by atoms with Gasteiger partial charge in [0, 0.05) is 0 Å². The Morgan fingerprint density at radius 1 is 1.54 bits per heavy atom. The highest BCUT2D eigenvalue weighted by molar-refractivity contribution is 7.79. The van der Waals surface area contributed by atoms with Crippen LogP contribution in [0.1, 0.15) is 15.3 Å². The lowest BCUT2D eigenvalue weighted by Crippen LogP contribution is -2.38. The van der Waals surface area contributed by atoms with Crippen LogP contribution >= 0.6 is 12.9 Å². The van der Waals surface area contributed by atoms with E-state index in [-0.39, 0.29) is 1.43 Å². The molecule has 0 aliphatic heterocycles. The van der Waals surface area contributed by atoms with E-state index in [9.17, 15) is 4.79 Å². The van der Waals surface area contributed by atoms with Crippen LogP contribution in [0.4, 0.5) is 0 Å². The first-order chi connectivity index (χ1) is 5.50. The van der Waals surface area contributed by atoms with E-state index in [0.717, 1.165) is 0 Å². The largest absolute Gasteiger partial charge is 1.00 e. The highest BCUT2D eigenvalue weighted by Crippen LogP contribution is 2.08. The van der Waals surface area contributed by atoms with E-state index in [0.29, 0.717) is 0 Å². The molecule has 9 heteroatoms. The van der Waals surface area contributed by atoms with Crippen LogP contribution in [0.15, 0.2) is 0 Å². The predicted molar refractivity (Wildman–Crippen MR) is 48.6 cm³/mol. The molecule has 0 atom stereocenters. The van der Waals surface area contributed by atoms with Gasteiger partial charge in [0.15, 0.2) is 5.60 Å². The molecule has 0 saturated carbocycles. The first-order valence-corrected chi connectivity index (χ1v) is 4.59. The molecule has 0 radical (unpaired) electrons. The highest BCUT2D eigenvalue weighted by atomic mass is 32.3. The number of thiol groups is 1. The summed E-state index contributed by atoms with van der Waals surface area (Å²) in [5, 5.41) is 0. The maximum Gasteiger partial charge on any atom is 1.00 e. The Labute approximate surface area is 82.9 Å². The zero-order valence-electron chi connectivity index (χ0n) is 7.96. The second-order valence-electron chi connectivity index (χ2n) is 2.41. The lowest BCUT2D eigenvalue weighted by atomic mass is 10.1. The SMILES string of the molecule is CC(C)(OS)C(N)=O.O=S(=O)(O)O.[H+].